The number of rotatable bonds is 4. The van der Waals surface area contributed by atoms with Gasteiger partial charge in [0.25, 0.3) is 5.69 Å². The molecule has 0 radical (unpaired) electrons. The van der Waals surface area contributed by atoms with Gasteiger partial charge in [-0.2, -0.15) is 0 Å². The van der Waals surface area contributed by atoms with E-state index in [2.05, 4.69) is 15.9 Å². The quantitative estimate of drug-likeness (QED) is 0.297. The van der Waals surface area contributed by atoms with Crippen LogP contribution in [-0.4, -0.2) is 4.92 Å². The molecule has 116 valence electrons. The number of fused-ring (bicyclic) bond motifs is 1. The lowest BCUT2D eigenvalue weighted by molar-refractivity contribution is -0.384. The minimum absolute atomic E-state index is 0.00747. The van der Waals surface area contributed by atoms with Crippen molar-refractivity contribution in [2.45, 2.75) is 11.8 Å². The smallest absolute Gasteiger partial charge is 0.340 e. The second-order valence-electron chi connectivity index (χ2n) is 5.08. The van der Waals surface area contributed by atoms with Crippen LogP contribution in [0.1, 0.15) is 16.7 Å². The molecule has 2 aromatic carbocycles. The Kier molecular flexibility index (Phi) is 4.25. The average Bonchev–Trinajstić information content (AvgIpc) is 2.56. The van der Waals surface area contributed by atoms with Crippen LogP contribution in [0.15, 0.2) is 57.7 Å². The first-order valence-corrected chi connectivity index (χ1v) is 8.05. The Balaban J connectivity index is 2.13. The van der Waals surface area contributed by atoms with Gasteiger partial charge in [0.2, 0.25) is 0 Å². The normalized spacial score (nSPS) is 10.8. The van der Waals surface area contributed by atoms with Crippen molar-refractivity contribution in [2.75, 3.05) is 0 Å². The van der Waals surface area contributed by atoms with E-state index in [4.69, 9.17) is 4.42 Å². The number of alkyl halides is 1. The Labute approximate surface area is 139 Å². The van der Waals surface area contributed by atoms with Gasteiger partial charge in [-0.1, -0.05) is 46.3 Å². The first-order chi connectivity index (χ1) is 11.1. The summed E-state index contributed by atoms with van der Waals surface area (Å²) in [6.45, 7) is 0. The van der Waals surface area contributed by atoms with Gasteiger partial charge in [-0.25, -0.2) is 4.79 Å². The molecule has 0 aliphatic carbocycles. The summed E-state index contributed by atoms with van der Waals surface area (Å²) in [4.78, 5) is 22.8. The molecule has 0 amide bonds. The van der Waals surface area contributed by atoms with Gasteiger partial charge in [0, 0.05) is 34.8 Å². The summed E-state index contributed by atoms with van der Waals surface area (Å²) in [6.07, 6.45) is 0.287. The van der Waals surface area contributed by atoms with Crippen molar-refractivity contribution in [3.05, 3.63) is 85.8 Å². The maximum atomic E-state index is 12.3. The van der Waals surface area contributed by atoms with E-state index in [1.807, 2.05) is 18.2 Å². The molecule has 0 saturated heterocycles. The number of para-hydroxylation sites is 1. The molecule has 23 heavy (non-hydrogen) atoms. The monoisotopic (exact) mass is 373 g/mol. The number of benzene rings is 2. The summed E-state index contributed by atoms with van der Waals surface area (Å²) in [6, 6.07) is 13.6. The lowest BCUT2D eigenvalue weighted by Crippen LogP contribution is -2.12. The molecule has 6 heteroatoms. The Hall–Kier alpha value is -2.47. The minimum Gasteiger partial charge on any atom is -0.423 e. The molecule has 5 nitrogen and oxygen atoms in total. The molecule has 0 spiro atoms. The molecular weight excluding hydrogens is 362 g/mol. The summed E-state index contributed by atoms with van der Waals surface area (Å²) in [7, 11) is 0. The Morgan fingerprint density at radius 2 is 1.87 bits per heavy atom. The van der Waals surface area contributed by atoms with E-state index in [1.165, 1.54) is 12.1 Å². The molecule has 3 rings (SSSR count). The third-order valence-electron chi connectivity index (χ3n) is 3.66. The molecular formula is C17H12BrNO4. The van der Waals surface area contributed by atoms with Crippen molar-refractivity contribution in [3.63, 3.8) is 0 Å². The molecule has 0 atom stereocenters. The van der Waals surface area contributed by atoms with Crippen LogP contribution >= 0.6 is 15.9 Å². The summed E-state index contributed by atoms with van der Waals surface area (Å²) in [5.41, 5.74) is 2.20. The number of nitro groups is 1. The van der Waals surface area contributed by atoms with Crippen LogP contribution in [0.5, 0.6) is 0 Å². The number of hydrogen-bond donors (Lipinski definition) is 0. The van der Waals surface area contributed by atoms with Gasteiger partial charge in [-0.15, -0.1) is 0 Å². The van der Waals surface area contributed by atoms with Crippen LogP contribution in [0, 0.1) is 10.1 Å². The average molecular weight is 374 g/mol. The van der Waals surface area contributed by atoms with Crippen molar-refractivity contribution in [1.82, 2.24) is 0 Å². The minimum atomic E-state index is -0.447. The molecule has 0 saturated carbocycles. The van der Waals surface area contributed by atoms with Crippen LogP contribution in [-0.2, 0) is 11.8 Å². The molecule has 1 aromatic heterocycles. The SMILES string of the molecule is O=c1oc2ccccc2c(CBr)c1Cc1cccc([N+](=O)[O-])c1. The Morgan fingerprint density at radius 3 is 2.61 bits per heavy atom. The van der Waals surface area contributed by atoms with Gasteiger partial charge in [0.15, 0.2) is 0 Å². The van der Waals surface area contributed by atoms with Crippen molar-refractivity contribution in [1.29, 1.82) is 0 Å². The fraction of sp³-hybridized carbons (Fsp3) is 0.118. The number of nitro benzene ring substituents is 1. The lowest BCUT2D eigenvalue weighted by atomic mass is 9.99. The largest absolute Gasteiger partial charge is 0.423 e. The van der Waals surface area contributed by atoms with Crippen LogP contribution in [0.3, 0.4) is 0 Å². The Bertz CT molecular complexity index is 949. The highest BCUT2D eigenvalue weighted by atomic mass is 79.9. The topological polar surface area (TPSA) is 73.3 Å². The third kappa shape index (κ3) is 3.03. The van der Waals surface area contributed by atoms with Gasteiger partial charge < -0.3 is 4.42 Å². The third-order valence-corrected chi connectivity index (χ3v) is 4.22. The Morgan fingerprint density at radius 1 is 1.09 bits per heavy atom. The lowest BCUT2D eigenvalue weighted by Gasteiger charge is -2.09. The molecule has 0 aliphatic rings. The van der Waals surface area contributed by atoms with Gasteiger partial charge in [-0.3, -0.25) is 10.1 Å². The second-order valence-corrected chi connectivity index (χ2v) is 5.64. The number of nitrogens with zero attached hydrogens (tertiary/aromatic N) is 1. The summed E-state index contributed by atoms with van der Waals surface area (Å²) >= 11 is 3.43. The summed E-state index contributed by atoms with van der Waals surface area (Å²) in [5.74, 6) is 0. The van der Waals surface area contributed by atoms with Crippen molar-refractivity contribution >= 4 is 32.6 Å². The predicted octanol–water partition coefficient (Wildman–Crippen LogP) is 4.19. The maximum absolute atomic E-state index is 12.3. The van der Waals surface area contributed by atoms with Crippen LogP contribution in [0.25, 0.3) is 11.0 Å². The number of halogens is 1. The van der Waals surface area contributed by atoms with Crippen molar-refractivity contribution < 1.29 is 9.34 Å². The first kappa shape index (κ1) is 15.4. The number of hydrogen-bond acceptors (Lipinski definition) is 4. The summed E-state index contributed by atoms with van der Waals surface area (Å²) in [5, 5.41) is 12.3. The van der Waals surface area contributed by atoms with E-state index in [1.54, 1.807) is 18.2 Å². The fourth-order valence-electron chi connectivity index (χ4n) is 2.57. The van der Waals surface area contributed by atoms with Gasteiger partial charge in [0.05, 0.1) is 4.92 Å². The van der Waals surface area contributed by atoms with Crippen LogP contribution < -0.4 is 5.63 Å². The summed E-state index contributed by atoms with van der Waals surface area (Å²) < 4.78 is 5.37. The molecule has 3 aromatic rings. The molecule has 0 bridgehead atoms. The van der Waals surface area contributed by atoms with E-state index < -0.39 is 10.5 Å². The van der Waals surface area contributed by atoms with E-state index >= 15 is 0 Å². The predicted molar refractivity (Wildman–Crippen MR) is 91.0 cm³/mol. The zero-order valence-electron chi connectivity index (χ0n) is 12.0. The second kappa shape index (κ2) is 6.34. The molecule has 1 heterocycles. The van der Waals surface area contributed by atoms with Crippen molar-refractivity contribution in [2.24, 2.45) is 0 Å². The van der Waals surface area contributed by atoms with Crippen molar-refractivity contribution in [3.8, 4) is 0 Å². The van der Waals surface area contributed by atoms with Crippen LogP contribution in [0.4, 0.5) is 5.69 Å². The standard InChI is InChI=1S/C17H12BrNO4/c18-10-15-13-6-1-2-7-16(13)23-17(20)14(15)9-11-4-3-5-12(8-11)19(21)22/h1-8H,9-10H2. The van der Waals surface area contributed by atoms with Gasteiger partial charge >= 0.3 is 5.63 Å². The van der Waals surface area contributed by atoms with Gasteiger partial charge in [-0.05, 0) is 17.2 Å². The zero-order chi connectivity index (χ0) is 16.4. The molecule has 0 N–H and O–H groups in total. The molecule has 0 aliphatic heterocycles. The van der Waals surface area contributed by atoms with E-state index in [-0.39, 0.29) is 12.1 Å². The molecule has 0 fully saturated rings. The maximum Gasteiger partial charge on any atom is 0.340 e. The van der Waals surface area contributed by atoms with Crippen LogP contribution in [0.2, 0.25) is 0 Å². The highest BCUT2D eigenvalue weighted by Crippen LogP contribution is 2.24. The van der Waals surface area contributed by atoms with E-state index in [0.29, 0.717) is 22.0 Å². The highest BCUT2D eigenvalue weighted by Gasteiger charge is 2.15. The highest BCUT2D eigenvalue weighted by molar-refractivity contribution is 9.08. The molecule has 0 unspecified atom stereocenters. The number of non-ortho nitro benzene ring substituents is 1. The zero-order valence-corrected chi connectivity index (χ0v) is 13.6. The first-order valence-electron chi connectivity index (χ1n) is 6.93. The van der Waals surface area contributed by atoms with Gasteiger partial charge in [0.1, 0.15) is 5.58 Å². The van der Waals surface area contributed by atoms with E-state index in [0.717, 1.165) is 10.9 Å². The fourth-order valence-corrected chi connectivity index (χ4v) is 3.21. The van der Waals surface area contributed by atoms with E-state index in [9.17, 15) is 14.9 Å².